The molecule has 4 heterocycles. The average molecular weight is 499 g/mol. The number of hydrogen-bond donors (Lipinski definition) is 1. The second-order valence-corrected chi connectivity index (χ2v) is 9.54. The van der Waals surface area contributed by atoms with Gasteiger partial charge in [-0.15, -0.1) is 0 Å². The number of anilines is 1. The highest BCUT2D eigenvalue weighted by Gasteiger charge is 2.16. The van der Waals surface area contributed by atoms with Crippen LogP contribution < -0.4 is 10.9 Å². The molecule has 192 valence electrons. The summed E-state index contributed by atoms with van der Waals surface area (Å²) in [6.07, 6.45) is 10.4. The molecule has 0 bridgehead atoms. The monoisotopic (exact) mass is 498 g/mol. The lowest BCUT2D eigenvalue weighted by Crippen LogP contribution is -2.30. The SMILES string of the molecule is CNc1ccn(-c2ccnc(C)c2/C=C(\C)CN2CC=C(c3ccc(C(=O)N(C)C)cn3)CC2)c(=O)c1. The maximum atomic E-state index is 12.7. The molecule has 0 unspecified atom stereocenters. The Balaban J connectivity index is 1.48. The molecule has 0 spiro atoms. The van der Waals surface area contributed by atoms with E-state index in [4.69, 9.17) is 0 Å². The van der Waals surface area contributed by atoms with Crippen LogP contribution >= 0.6 is 0 Å². The highest BCUT2D eigenvalue weighted by atomic mass is 16.2. The van der Waals surface area contributed by atoms with Crippen LogP contribution in [0.3, 0.4) is 0 Å². The fraction of sp³-hybridized carbons (Fsp3) is 0.310. The van der Waals surface area contributed by atoms with Gasteiger partial charge in [0, 0.05) is 82.4 Å². The molecule has 0 radical (unpaired) electrons. The molecule has 4 rings (SSSR count). The Morgan fingerprint density at radius 2 is 2.00 bits per heavy atom. The van der Waals surface area contributed by atoms with E-state index in [1.165, 1.54) is 11.1 Å². The number of carbonyl (C=O) groups excluding carboxylic acids is 1. The predicted octanol–water partition coefficient (Wildman–Crippen LogP) is 3.87. The van der Waals surface area contributed by atoms with Gasteiger partial charge in [0.1, 0.15) is 0 Å². The van der Waals surface area contributed by atoms with Crippen LogP contribution in [0.1, 0.15) is 40.7 Å². The molecule has 1 aliphatic rings. The fourth-order valence-corrected chi connectivity index (χ4v) is 4.49. The van der Waals surface area contributed by atoms with Crippen LogP contribution in [0.15, 0.2) is 65.4 Å². The summed E-state index contributed by atoms with van der Waals surface area (Å²) < 4.78 is 1.66. The molecule has 8 heteroatoms. The highest BCUT2D eigenvalue weighted by molar-refractivity contribution is 5.93. The van der Waals surface area contributed by atoms with Gasteiger partial charge in [-0.2, -0.15) is 0 Å². The summed E-state index contributed by atoms with van der Waals surface area (Å²) in [7, 11) is 5.28. The zero-order chi connectivity index (χ0) is 26.5. The van der Waals surface area contributed by atoms with Crippen molar-refractivity contribution in [2.45, 2.75) is 20.3 Å². The van der Waals surface area contributed by atoms with Crippen molar-refractivity contribution < 1.29 is 4.79 Å². The Bertz CT molecular complexity index is 1400. The third kappa shape index (κ3) is 6.03. The molecule has 1 amide bonds. The van der Waals surface area contributed by atoms with Crippen molar-refractivity contribution in [3.05, 3.63) is 93.4 Å². The molecular formula is C29H34N6O2. The van der Waals surface area contributed by atoms with Crippen LogP contribution in [0.25, 0.3) is 17.3 Å². The molecule has 3 aromatic rings. The van der Waals surface area contributed by atoms with E-state index in [0.29, 0.717) is 5.56 Å². The van der Waals surface area contributed by atoms with Gasteiger partial charge in [-0.25, -0.2) is 0 Å². The van der Waals surface area contributed by atoms with E-state index in [-0.39, 0.29) is 11.5 Å². The van der Waals surface area contributed by atoms with Gasteiger partial charge in [0.05, 0.1) is 16.9 Å². The number of nitrogens with zero attached hydrogens (tertiary/aromatic N) is 5. The minimum Gasteiger partial charge on any atom is -0.388 e. The minimum atomic E-state index is -0.0915. The first-order valence-electron chi connectivity index (χ1n) is 12.4. The van der Waals surface area contributed by atoms with E-state index in [0.717, 1.165) is 54.4 Å². The Labute approximate surface area is 218 Å². The lowest BCUT2D eigenvalue weighted by atomic mass is 10.0. The maximum Gasteiger partial charge on any atom is 0.257 e. The molecule has 0 saturated carbocycles. The fourth-order valence-electron chi connectivity index (χ4n) is 4.49. The molecule has 0 fully saturated rings. The molecule has 37 heavy (non-hydrogen) atoms. The van der Waals surface area contributed by atoms with Gasteiger partial charge in [0.15, 0.2) is 0 Å². The van der Waals surface area contributed by atoms with Crippen LogP contribution in [0.4, 0.5) is 5.69 Å². The summed E-state index contributed by atoms with van der Waals surface area (Å²) in [6.45, 7) is 6.64. The van der Waals surface area contributed by atoms with Crippen molar-refractivity contribution in [3.8, 4) is 5.69 Å². The van der Waals surface area contributed by atoms with Crippen molar-refractivity contribution in [1.82, 2.24) is 24.3 Å². The summed E-state index contributed by atoms with van der Waals surface area (Å²) in [5, 5.41) is 3.01. The van der Waals surface area contributed by atoms with Crippen LogP contribution in [-0.2, 0) is 0 Å². The number of rotatable bonds is 7. The number of hydrogen-bond acceptors (Lipinski definition) is 6. The molecule has 1 aliphatic heterocycles. The third-order valence-electron chi connectivity index (χ3n) is 6.54. The Morgan fingerprint density at radius 3 is 2.62 bits per heavy atom. The summed E-state index contributed by atoms with van der Waals surface area (Å²) in [5.41, 5.74) is 7.26. The van der Waals surface area contributed by atoms with E-state index in [1.807, 2.05) is 31.2 Å². The number of carbonyl (C=O) groups is 1. The molecule has 0 aromatic carbocycles. The van der Waals surface area contributed by atoms with E-state index >= 15 is 0 Å². The van der Waals surface area contributed by atoms with E-state index in [9.17, 15) is 9.59 Å². The Morgan fingerprint density at radius 1 is 1.19 bits per heavy atom. The number of aryl methyl sites for hydroxylation is 1. The van der Waals surface area contributed by atoms with Gasteiger partial charge in [0.2, 0.25) is 0 Å². The van der Waals surface area contributed by atoms with Gasteiger partial charge < -0.3 is 10.2 Å². The van der Waals surface area contributed by atoms with Crippen molar-refractivity contribution in [1.29, 1.82) is 0 Å². The molecule has 3 aromatic heterocycles. The van der Waals surface area contributed by atoms with Gasteiger partial charge in [-0.05, 0) is 50.1 Å². The summed E-state index contributed by atoms with van der Waals surface area (Å²) in [5.74, 6) is -0.0445. The van der Waals surface area contributed by atoms with Crippen molar-refractivity contribution in [2.24, 2.45) is 0 Å². The maximum absolute atomic E-state index is 12.7. The van der Waals surface area contributed by atoms with E-state index in [1.54, 1.807) is 55.3 Å². The summed E-state index contributed by atoms with van der Waals surface area (Å²) in [4.78, 5) is 37.8. The smallest absolute Gasteiger partial charge is 0.257 e. The zero-order valence-corrected chi connectivity index (χ0v) is 22.2. The quantitative estimate of drug-likeness (QED) is 0.533. The van der Waals surface area contributed by atoms with Gasteiger partial charge in [-0.3, -0.25) is 29.0 Å². The Hall–Kier alpha value is -4.04. The third-order valence-corrected chi connectivity index (χ3v) is 6.54. The first kappa shape index (κ1) is 26.0. The van der Waals surface area contributed by atoms with Crippen molar-refractivity contribution >= 4 is 23.2 Å². The Kier molecular flexibility index (Phi) is 7.98. The first-order chi connectivity index (χ1) is 17.8. The molecule has 0 saturated heterocycles. The topological polar surface area (TPSA) is 83.4 Å². The predicted molar refractivity (Wildman–Crippen MR) is 149 cm³/mol. The lowest BCUT2D eigenvalue weighted by molar-refractivity contribution is 0.0827. The van der Waals surface area contributed by atoms with E-state index in [2.05, 4.69) is 39.3 Å². The standard InChI is InChI=1S/C29H34N6O2/c1-20(16-25-21(2)31-12-8-27(25)35-15-11-24(30-3)17-28(35)36)19-34-13-9-22(10-14-34)26-7-6-23(18-32-26)29(37)33(4)5/h6-9,11-12,15-18,30H,10,13-14,19H2,1-5H3/b20-16+. The lowest BCUT2D eigenvalue weighted by Gasteiger charge is -2.26. The number of nitrogens with one attached hydrogen (secondary N) is 1. The van der Waals surface area contributed by atoms with Gasteiger partial charge in [-0.1, -0.05) is 17.7 Å². The van der Waals surface area contributed by atoms with Crippen LogP contribution in [0.5, 0.6) is 0 Å². The normalized spacial score (nSPS) is 14.3. The molecule has 1 N–H and O–H groups in total. The summed E-state index contributed by atoms with van der Waals surface area (Å²) in [6, 6.07) is 9.14. The number of pyridine rings is 3. The second-order valence-electron chi connectivity index (χ2n) is 9.54. The average Bonchev–Trinajstić information content (AvgIpc) is 2.90. The van der Waals surface area contributed by atoms with Gasteiger partial charge >= 0.3 is 0 Å². The first-order valence-corrected chi connectivity index (χ1v) is 12.4. The van der Waals surface area contributed by atoms with Crippen LogP contribution in [0, 0.1) is 6.92 Å². The molecule has 0 atom stereocenters. The molecular weight excluding hydrogens is 464 g/mol. The van der Waals surface area contributed by atoms with Crippen molar-refractivity contribution in [2.75, 3.05) is 46.1 Å². The minimum absolute atomic E-state index is 0.0445. The molecule has 0 aliphatic carbocycles. The van der Waals surface area contributed by atoms with Crippen LogP contribution in [-0.4, -0.2) is 71.0 Å². The van der Waals surface area contributed by atoms with E-state index < -0.39 is 0 Å². The zero-order valence-electron chi connectivity index (χ0n) is 22.2. The van der Waals surface area contributed by atoms with Gasteiger partial charge in [0.25, 0.3) is 11.5 Å². The summed E-state index contributed by atoms with van der Waals surface area (Å²) >= 11 is 0. The number of aromatic nitrogens is 3. The number of amides is 1. The highest BCUT2D eigenvalue weighted by Crippen LogP contribution is 2.23. The largest absolute Gasteiger partial charge is 0.388 e. The van der Waals surface area contributed by atoms with Crippen molar-refractivity contribution in [3.63, 3.8) is 0 Å². The second kappa shape index (κ2) is 11.3. The van der Waals surface area contributed by atoms with Crippen LogP contribution in [0.2, 0.25) is 0 Å². The molecule has 8 nitrogen and oxygen atoms in total.